The van der Waals surface area contributed by atoms with Crippen LogP contribution in [0.3, 0.4) is 0 Å². The van der Waals surface area contributed by atoms with Crippen molar-refractivity contribution in [3.05, 3.63) is 70.9 Å². The molecule has 2 aromatic heterocycles. The van der Waals surface area contributed by atoms with Gasteiger partial charge in [0.2, 0.25) is 0 Å². The number of amides is 1. The highest BCUT2D eigenvalue weighted by Crippen LogP contribution is 2.29. The van der Waals surface area contributed by atoms with Gasteiger partial charge in [-0.15, -0.1) is 5.10 Å². The Balaban J connectivity index is 1.54. The van der Waals surface area contributed by atoms with Crippen molar-refractivity contribution in [3.63, 3.8) is 0 Å². The summed E-state index contributed by atoms with van der Waals surface area (Å²) in [6, 6.07) is 14.3. The lowest BCUT2D eigenvalue weighted by molar-refractivity contribution is 0.0940. The normalized spacial score (nSPS) is 13.6. The van der Waals surface area contributed by atoms with Crippen LogP contribution in [0, 0.1) is 20.8 Å². The van der Waals surface area contributed by atoms with Crippen molar-refractivity contribution in [1.82, 2.24) is 19.9 Å². The fourth-order valence-corrected chi connectivity index (χ4v) is 4.43. The van der Waals surface area contributed by atoms with Gasteiger partial charge >= 0.3 is 0 Å². The van der Waals surface area contributed by atoms with E-state index in [9.17, 15) is 9.90 Å². The van der Waals surface area contributed by atoms with Gasteiger partial charge in [-0.05, 0) is 88.4 Å². The van der Waals surface area contributed by atoms with Gasteiger partial charge in [0.25, 0.3) is 5.91 Å². The maximum absolute atomic E-state index is 12.6. The molecule has 0 saturated heterocycles. The van der Waals surface area contributed by atoms with E-state index in [2.05, 4.69) is 53.0 Å². The summed E-state index contributed by atoms with van der Waals surface area (Å²) in [4.78, 5) is 17.3. The molecule has 0 spiro atoms. The SMILES string of the molecule is Cc1cc(C)cc(Nc2cc(NCC(C)(C)O)c3ncc(-c4ccc(C(=O)NC5CC5)c(C)c4)n3n2)c1. The van der Waals surface area contributed by atoms with Crippen LogP contribution in [0.15, 0.2) is 48.7 Å². The van der Waals surface area contributed by atoms with Crippen LogP contribution in [0.25, 0.3) is 16.9 Å². The number of benzene rings is 2. The highest BCUT2D eigenvalue weighted by molar-refractivity contribution is 5.96. The van der Waals surface area contributed by atoms with Crippen LogP contribution in [0.1, 0.15) is 53.7 Å². The minimum atomic E-state index is -0.898. The van der Waals surface area contributed by atoms with Crippen molar-refractivity contribution in [2.24, 2.45) is 0 Å². The summed E-state index contributed by atoms with van der Waals surface area (Å²) >= 11 is 0. The van der Waals surface area contributed by atoms with Gasteiger partial charge in [-0.3, -0.25) is 4.79 Å². The number of aromatic nitrogens is 3. The third-order valence-electron chi connectivity index (χ3n) is 6.35. The van der Waals surface area contributed by atoms with Gasteiger partial charge in [0.15, 0.2) is 11.5 Å². The molecule has 4 aromatic rings. The zero-order chi connectivity index (χ0) is 26.3. The third-order valence-corrected chi connectivity index (χ3v) is 6.35. The summed E-state index contributed by atoms with van der Waals surface area (Å²) in [7, 11) is 0. The average molecular weight is 499 g/mol. The van der Waals surface area contributed by atoms with Gasteiger partial charge in [0, 0.05) is 35.5 Å². The van der Waals surface area contributed by atoms with Gasteiger partial charge in [-0.1, -0.05) is 12.1 Å². The number of imidazole rings is 1. The highest BCUT2D eigenvalue weighted by atomic mass is 16.3. The average Bonchev–Trinajstić information content (AvgIpc) is 3.51. The number of hydrogen-bond acceptors (Lipinski definition) is 6. The van der Waals surface area contributed by atoms with Gasteiger partial charge in [0.05, 0.1) is 23.2 Å². The number of nitrogens with zero attached hydrogens (tertiary/aromatic N) is 3. The van der Waals surface area contributed by atoms with E-state index in [1.165, 1.54) is 0 Å². The van der Waals surface area contributed by atoms with E-state index in [1.54, 1.807) is 24.6 Å². The number of rotatable bonds is 8. The lowest BCUT2D eigenvalue weighted by Crippen LogP contribution is -2.29. The zero-order valence-corrected chi connectivity index (χ0v) is 22.0. The number of hydrogen-bond donors (Lipinski definition) is 4. The monoisotopic (exact) mass is 498 g/mol. The van der Waals surface area contributed by atoms with Crippen molar-refractivity contribution in [2.45, 2.75) is 59.1 Å². The molecular formula is C29H34N6O2. The Morgan fingerprint density at radius 2 is 1.81 bits per heavy atom. The molecule has 1 aliphatic rings. The van der Waals surface area contributed by atoms with Crippen molar-refractivity contribution in [1.29, 1.82) is 0 Å². The number of nitrogens with one attached hydrogen (secondary N) is 3. The maximum Gasteiger partial charge on any atom is 0.251 e. The second kappa shape index (κ2) is 9.52. The fraction of sp³-hybridized carbons (Fsp3) is 0.345. The van der Waals surface area contributed by atoms with Gasteiger partial charge in [0.1, 0.15) is 0 Å². The summed E-state index contributed by atoms with van der Waals surface area (Å²) in [6.45, 7) is 9.95. The maximum atomic E-state index is 12.6. The summed E-state index contributed by atoms with van der Waals surface area (Å²) in [5, 5.41) is 25.0. The molecule has 0 radical (unpaired) electrons. The number of anilines is 3. The molecule has 1 fully saturated rings. The van der Waals surface area contributed by atoms with Crippen molar-refractivity contribution in [2.75, 3.05) is 17.2 Å². The molecule has 8 heteroatoms. The molecule has 8 nitrogen and oxygen atoms in total. The molecule has 5 rings (SSSR count). The second-order valence-electron chi connectivity index (χ2n) is 10.8. The summed E-state index contributed by atoms with van der Waals surface area (Å²) in [6.07, 6.45) is 3.90. The minimum absolute atomic E-state index is 0.0270. The minimum Gasteiger partial charge on any atom is -0.389 e. The second-order valence-corrected chi connectivity index (χ2v) is 10.8. The van der Waals surface area contributed by atoms with Crippen LogP contribution in [-0.4, -0.2) is 43.8 Å². The molecule has 1 amide bonds. The van der Waals surface area contributed by atoms with Crippen molar-refractivity contribution >= 4 is 28.7 Å². The molecule has 192 valence electrons. The van der Waals surface area contributed by atoms with E-state index in [-0.39, 0.29) is 5.91 Å². The molecule has 0 bridgehead atoms. The molecule has 0 aliphatic heterocycles. The predicted octanol–water partition coefficient (Wildman–Crippen LogP) is 5.14. The van der Waals surface area contributed by atoms with Crippen LogP contribution in [0.5, 0.6) is 0 Å². The topological polar surface area (TPSA) is 104 Å². The largest absolute Gasteiger partial charge is 0.389 e. The molecule has 1 aliphatic carbocycles. The molecule has 1 saturated carbocycles. The Morgan fingerprint density at radius 3 is 2.46 bits per heavy atom. The van der Waals surface area contributed by atoms with Crippen molar-refractivity contribution < 1.29 is 9.90 Å². The number of carbonyl (C=O) groups is 1. The molecule has 2 aromatic carbocycles. The molecule has 0 atom stereocenters. The third kappa shape index (κ3) is 5.75. The van der Waals surface area contributed by atoms with E-state index < -0.39 is 5.60 Å². The van der Waals surface area contributed by atoms with Gasteiger partial charge in [-0.2, -0.15) is 0 Å². The molecule has 2 heterocycles. The predicted molar refractivity (Wildman–Crippen MR) is 148 cm³/mol. The number of carbonyl (C=O) groups excluding carboxylic acids is 1. The first kappa shape index (κ1) is 24.8. The van der Waals surface area contributed by atoms with E-state index >= 15 is 0 Å². The zero-order valence-electron chi connectivity index (χ0n) is 22.0. The van der Waals surface area contributed by atoms with E-state index in [0.717, 1.165) is 52.2 Å². The number of fused-ring (bicyclic) bond motifs is 1. The first-order chi connectivity index (χ1) is 17.6. The number of aliphatic hydroxyl groups is 1. The van der Waals surface area contributed by atoms with Gasteiger partial charge < -0.3 is 21.1 Å². The van der Waals surface area contributed by atoms with Crippen LogP contribution < -0.4 is 16.0 Å². The number of aryl methyl sites for hydroxylation is 3. The highest BCUT2D eigenvalue weighted by Gasteiger charge is 2.24. The summed E-state index contributed by atoms with van der Waals surface area (Å²) < 4.78 is 1.80. The summed E-state index contributed by atoms with van der Waals surface area (Å²) in [5.41, 5.74) is 7.08. The first-order valence-corrected chi connectivity index (χ1v) is 12.7. The van der Waals surface area contributed by atoms with E-state index in [0.29, 0.717) is 29.6 Å². The quantitative estimate of drug-likeness (QED) is 0.268. The lowest BCUT2D eigenvalue weighted by Gasteiger charge is -2.19. The Kier molecular flexibility index (Phi) is 6.37. The molecule has 0 unspecified atom stereocenters. The fourth-order valence-electron chi connectivity index (χ4n) is 4.43. The Bertz CT molecular complexity index is 1460. The van der Waals surface area contributed by atoms with E-state index in [4.69, 9.17) is 5.10 Å². The Labute approximate surface area is 217 Å². The van der Waals surface area contributed by atoms with E-state index in [1.807, 2.05) is 31.2 Å². The standard InChI is InChI=1S/C29H34N6O2/c1-17-10-18(2)12-22(11-17)32-26-14-24(31-16-29(4,5)37)27-30-15-25(35(27)34-26)20-6-9-23(19(3)13-20)28(36)33-21-7-8-21/h6,9-15,21,31,37H,7-8,16H2,1-5H3,(H,32,34)(H,33,36). The summed E-state index contributed by atoms with van der Waals surface area (Å²) in [5.74, 6) is 0.619. The Morgan fingerprint density at radius 1 is 1.08 bits per heavy atom. The van der Waals surface area contributed by atoms with Gasteiger partial charge in [-0.25, -0.2) is 9.50 Å². The van der Waals surface area contributed by atoms with Crippen LogP contribution >= 0.6 is 0 Å². The molecular weight excluding hydrogens is 464 g/mol. The van der Waals surface area contributed by atoms with Crippen LogP contribution in [0.2, 0.25) is 0 Å². The van der Waals surface area contributed by atoms with Crippen LogP contribution in [-0.2, 0) is 0 Å². The van der Waals surface area contributed by atoms with Crippen molar-refractivity contribution in [3.8, 4) is 11.3 Å². The first-order valence-electron chi connectivity index (χ1n) is 12.7. The molecule has 37 heavy (non-hydrogen) atoms. The Hall–Kier alpha value is -3.91. The molecule has 4 N–H and O–H groups in total. The lowest BCUT2D eigenvalue weighted by atomic mass is 10.0. The van der Waals surface area contributed by atoms with Crippen LogP contribution in [0.4, 0.5) is 17.2 Å². The smallest absolute Gasteiger partial charge is 0.251 e.